The van der Waals surface area contributed by atoms with Crippen molar-refractivity contribution in [2.75, 3.05) is 11.2 Å². The highest BCUT2D eigenvalue weighted by molar-refractivity contribution is 6.18. The fraction of sp³-hybridized carbons (Fsp3) is 0.385. The highest BCUT2D eigenvalue weighted by Crippen LogP contribution is 2.24. The number of hydrogen-bond acceptors (Lipinski definition) is 3. The van der Waals surface area contributed by atoms with E-state index >= 15 is 0 Å². The van der Waals surface area contributed by atoms with Gasteiger partial charge in [0.1, 0.15) is 0 Å². The Kier molecular flexibility index (Phi) is 3.20. The molecule has 2 aromatic rings. The molecule has 0 unspecified atom stereocenters. The van der Waals surface area contributed by atoms with Crippen LogP contribution in [0.3, 0.4) is 0 Å². The van der Waals surface area contributed by atoms with Gasteiger partial charge in [0, 0.05) is 22.2 Å². The van der Waals surface area contributed by atoms with Crippen LogP contribution in [0.5, 0.6) is 0 Å². The van der Waals surface area contributed by atoms with Gasteiger partial charge in [-0.3, -0.25) is 0 Å². The molecule has 4 heteroatoms. The summed E-state index contributed by atoms with van der Waals surface area (Å²) in [5.41, 5.74) is 0.740. The molecule has 0 aliphatic carbocycles. The predicted octanol–water partition coefficient (Wildman–Crippen LogP) is 3.37. The number of nitrogens with one attached hydrogen (secondary N) is 1. The molecule has 0 fully saturated rings. The molecule has 1 N–H and O–H groups in total. The topological polar surface area (TPSA) is 37.8 Å². The number of benzene rings is 1. The molecule has 90 valence electrons. The molecule has 17 heavy (non-hydrogen) atoms. The molecule has 0 atom stereocenters. The van der Waals surface area contributed by atoms with Gasteiger partial charge in [0.25, 0.3) is 0 Å². The Bertz CT molecular complexity index is 537. The van der Waals surface area contributed by atoms with E-state index in [0.717, 1.165) is 22.3 Å². The Morgan fingerprint density at radius 3 is 2.47 bits per heavy atom. The highest BCUT2D eigenvalue weighted by Gasteiger charge is 2.18. The number of aryl methyl sites for hydroxylation is 1. The van der Waals surface area contributed by atoms with Gasteiger partial charge in [0.2, 0.25) is 0 Å². The molecule has 2 rings (SSSR count). The Morgan fingerprint density at radius 1 is 1.18 bits per heavy atom. The second-order valence-electron chi connectivity index (χ2n) is 4.82. The molecule has 0 radical (unpaired) electrons. The van der Waals surface area contributed by atoms with Crippen LogP contribution < -0.4 is 5.32 Å². The van der Waals surface area contributed by atoms with Gasteiger partial charge in [-0.05, 0) is 20.8 Å². The molecule has 1 aromatic heterocycles. The number of fused-ring (bicyclic) bond motifs is 1. The van der Waals surface area contributed by atoms with Crippen molar-refractivity contribution in [3.05, 3.63) is 30.0 Å². The van der Waals surface area contributed by atoms with E-state index in [1.54, 1.807) is 0 Å². The Labute approximate surface area is 106 Å². The fourth-order valence-corrected chi connectivity index (χ4v) is 1.75. The summed E-state index contributed by atoms with van der Waals surface area (Å²) in [4.78, 5) is 0. The Balaban J connectivity index is 2.52. The van der Waals surface area contributed by atoms with Crippen molar-refractivity contribution in [2.24, 2.45) is 0 Å². The van der Waals surface area contributed by atoms with Crippen LogP contribution in [0, 0.1) is 6.92 Å². The van der Waals surface area contributed by atoms with Crippen molar-refractivity contribution < 1.29 is 0 Å². The Morgan fingerprint density at radius 2 is 1.82 bits per heavy atom. The summed E-state index contributed by atoms with van der Waals surface area (Å²) in [7, 11) is 0. The van der Waals surface area contributed by atoms with Crippen molar-refractivity contribution in [3.63, 3.8) is 0 Å². The standard InChI is InChI=1S/C13H16ClN3/c1-9-10-6-4-5-7-11(10)12(17-16-9)15-13(2,3)8-14/h4-7H,8H2,1-3H3,(H,15,17). The minimum atomic E-state index is -0.200. The number of anilines is 1. The SMILES string of the molecule is Cc1nnc(NC(C)(C)CCl)c2ccccc12. The highest BCUT2D eigenvalue weighted by atomic mass is 35.5. The first kappa shape index (κ1) is 12.1. The fourth-order valence-electron chi connectivity index (χ4n) is 1.68. The predicted molar refractivity (Wildman–Crippen MR) is 72.7 cm³/mol. The monoisotopic (exact) mass is 249 g/mol. The van der Waals surface area contributed by atoms with Gasteiger partial charge in [-0.2, -0.15) is 5.10 Å². The average Bonchev–Trinajstić information content (AvgIpc) is 2.33. The summed E-state index contributed by atoms with van der Waals surface area (Å²) in [6.07, 6.45) is 0. The molecule has 3 nitrogen and oxygen atoms in total. The number of aromatic nitrogens is 2. The van der Waals surface area contributed by atoms with Crippen LogP contribution >= 0.6 is 11.6 Å². The second-order valence-corrected chi connectivity index (χ2v) is 5.09. The summed E-state index contributed by atoms with van der Waals surface area (Å²) in [6, 6.07) is 8.11. The van der Waals surface area contributed by atoms with Crippen molar-refractivity contribution in [1.29, 1.82) is 0 Å². The number of alkyl halides is 1. The lowest BCUT2D eigenvalue weighted by molar-refractivity contribution is 0.636. The zero-order chi connectivity index (χ0) is 12.5. The largest absolute Gasteiger partial charge is 0.362 e. The van der Waals surface area contributed by atoms with Crippen LogP contribution in [0.4, 0.5) is 5.82 Å². The van der Waals surface area contributed by atoms with Gasteiger partial charge >= 0.3 is 0 Å². The maximum atomic E-state index is 5.91. The van der Waals surface area contributed by atoms with Crippen LogP contribution in [0.2, 0.25) is 0 Å². The van der Waals surface area contributed by atoms with Crippen molar-refractivity contribution in [3.8, 4) is 0 Å². The van der Waals surface area contributed by atoms with Gasteiger partial charge in [0.15, 0.2) is 5.82 Å². The van der Waals surface area contributed by atoms with Gasteiger partial charge in [-0.1, -0.05) is 24.3 Å². The summed E-state index contributed by atoms with van der Waals surface area (Å²) >= 11 is 5.91. The van der Waals surface area contributed by atoms with Gasteiger partial charge in [-0.15, -0.1) is 16.7 Å². The number of nitrogens with zero attached hydrogens (tertiary/aromatic N) is 2. The summed E-state index contributed by atoms with van der Waals surface area (Å²) < 4.78 is 0. The molecule has 0 aliphatic heterocycles. The quantitative estimate of drug-likeness (QED) is 0.848. The summed E-state index contributed by atoms with van der Waals surface area (Å²) in [6.45, 7) is 6.04. The smallest absolute Gasteiger partial charge is 0.157 e. The third-order valence-corrected chi connectivity index (χ3v) is 3.33. The van der Waals surface area contributed by atoms with Gasteiger partial charge in [0.05, 0.1) is 5.69 Å². The minimum absolute atomic E-state index is 0.200. The molecular formula is C13H16ClN3. The van der Waals surface area contributed by atoms with E-state index < -0.39 is 0 Å². The van der Waals surface area contributed by atoms with E-state index in [9.17, 15) is 0 Å². The minimum Gasteiger partial charge on any atom is -0.362 e. The molecule has 1 aromatic carbocycles. The molecule has 0 bridgehead atoms. The van der Waals surface area contributed by atoms with Gasteiger partial charge in [-0.25, -0.2) is 0 Å². The lowest BCUT2D eigenvalue weighted by Crippen LogP contribution is -2.33. The van der Waals surface area contributed by atoms with Crippen LogP contribution in [0.15, 0.2) is 24.3 Å². The average molecular weight is 250 g/mol. The van der Waals surface area contributed by atoms with E-state index in [4.69, 9.17) is 11.6 Å². The first-order valence-electron chi connectivity index (χ1n) is 5.60. The maximum absolute atomic E-state index is 5.91. The molecular weight excluding hydrogens is 234 g/mol. The zero-order valence-electron chi connectivity index (χ0n) is 10.3. The molecule has 0 spiro atoms. The van der Waals surface area contributed by atoms with E-state index in [1.807, 2.05) is 39.0 Å². The van der Waals surface area contributed by atoms with Crippen LogP contribution in [-0.4, -0.2) is 21.6 Å². The molecule has 0 saturated carbocycles. The van der Waals surface area contributed by atoms with E-state index in [1.165, 1.54) is 0 Å². The molecule has 1 heterocycles. The third-order valence-electron chi connectivity index (χ3n) is 2.66. The van der Waals surface area contributed by atoms with Gasteiger partial charge < -0.3 is 5.32 Å². The summed E-state index contributed by atoms with van der Waals surface area (Å²) in [5, 5.41) is 13.9. The van der Waals surface area contributed by atoms with E-state index in [2.05, 4.69) is 21.6 Å². The first-order chi connectivity index (χ1) is 8.03. The maximum Gasteiger partial charge on any atom is 0.157 e. The van der Waals surface area contributed by atoms with Crippen LogP contribution in [0.25, 0.3) is 10.8 Å². The third kappa shape index (κ3) is 2.50. The second kappa shape index (κ2) is 4.49. The first-order valence-corrected chi connectivity index (χ1v) is 6.13. The van der Waals surface area contributed by atoms with Crippen LogP contribution in [0.1, 0.15) is 19.5 Å². The number of rotatable bonds is 3. The van der Waals surface area contributed by atoms with Crippen molar-refractivity contribution in [2.45, 2.75) is 26.3 Å². The Hall–Kier alpha value is -1.35. The molecule has 0 aliphatic rings. The molecule has 0 amide bonds. The van der Waals surface area contributed by atoms with E-state index in [-0.39, 0.29) is 5.54 Å². The lowest BCUT2D eigenvalue weighted by atomic mass is 10.1. The van der Waals surface area contributed by atoms with Crippen LogP contribution in [-0.2, 0) is 0 Å². The zero-order valence-corrected chi connectivity index (χ0v) is 11.0. The lowest BCUT2D eigenvalue weighted by Gasteiger charge is -2.24. The van der Waals surface area contributed by atoms with Crippen molar-refractivity contribution >= 4 is 28.2 Å². The summed E-state index contributed by atoms with van der Waals surface area (Å²) in [5.74, 6) is 1.30. The number of hydrogen-bond donors (Lipinski definition) is 1. The normalized spacial score (nSPS) is 11.8. The molecule has 0 saturated heterocycles. The van der Waals surface area contributed by atoms with E-state index in [0.29, 0.717) is 5.88 Å². The van der Waals surface area contributed by atoms with Crippen molar-refractivity contribution in [1.82, 2.24) is 10.2 Å². The number of halogens is 1.